The van der Waals surface area contributed by atoms with Crippen molar-refractivity contribution in [3.05, 3.63) is 94.8 Å². The van der Waals surface area contributed by atoms with Crippen LogP contribution in [0, 0.1) is 5.82 Å². The number of halogens is 1. The number of nitrogens with zero attached hydrogens (tertiary/aromatic N) is 1. The number of ether oxygens (including phenoxy) is 2. The van der Waals surface area contributed by atoms with Gasteiger partial charge in [-0.15, -0.1) is 0 Å². The Hall–Kier alpha value is -3.87. The van der Waals surface area contributed by atoms with E-state index in [4.69, 9.17) is 9.47 Å². The van der Waals surface area contributed by atoms with Gasteiger partial charge >= 0.3 is 5.97 Å². The number of aliphatic carboxylic acids is 1. The number of carboxylic acid groups (broad SMARTS) is 1. The molecule has 0 bridgehead atoms. The van der Waals surface area contributed by atoms with Gasteiger partial charge in [0.25, 0.3) is 0 Å². The minimum atomic E-state index is -1.04. The molecule has 1 heterocycles. The minimum absolute atomic E-state index is 0.109. The summed E-state index contributed by atoms with van der Waals surface area (Å²) in [6.45, 7) is 1.98. The third-order valence-electron chi connectivity index (χ3n) is 6.40. The monoisotopic (exact) mass is 491 g/mol. The first-order chi connectivity index (χ1) is 17.2. The van der Waals surface area contributed by atoms with Crippen molar-refractivity contribution in [2.45, 2.75) is 38.2 Å². The molecule has 4 rings (SSSR count). The predicted molar refractivity (Wildman–Crippen MR) is 134 cm³/mol. The van der Waals surface area contributed by atoms with Crippen LogP contribution in [0.4, 0.5) is 4.39 Å². The fourth-order valence-corrected chi connectivity index (χ4v) is 4.62. The van der Waals surface area contributed by atoms with Gasteiger partial charge in [-0.25, -0.2) is 4.39 Å². The quantitative estimate of drug-likeness (QED) is 0.453. The largest absolute Gasteiger partial charge is 0.497 e. The molecule has 0 aromatic heterocycles. The average molecular weight is 492 g/mol. The van der Waals surface area contributed by atoms with E-state index in [-0.39, 0.29) is 24.7 Å². The fraction of sp³-hybridized carbons (Fsp3) is 0.310. The second-order valence-corrected chi connectivity index (χ2v) is 9.46. The molecular weight excluding hydrogens is 461 g/mol. The molecule has 0 spiro atoms. The van der Waals surface area contributed by atoms with E-state index in [1.54, 1.807) is 19.2 Å². The van der Waals surface area contributed by atoms with E-state index < -0.39 is 11.6 Å². The molecule has 1 amide bonds. The molecule has 1 aliphatic heterocycles. The van der Waals surface area contributed by atoms with Crippen LogP contribution in [0.25, 0.3) is 0 Å². The van der Waals surface area contributed by atoms with Crippen LogP contribution in [0.15, 0.2) is 66.7 Å². The highest BCUT2D eigenvalue weighted by atomic mass is 19.1. The van der Waals surface area contributed by atoms with Crippen LogP contribution in [0.5, 0.6) is 11.5 Å². The van der Waals surface area contributed by atoms with Gasteiger partial charge in [0.2, 0.25) is 5.91 Å². The molecule has 1 N–H and O–H groups in total. The SMILES string of the molecule is COc1ccc(CCN(CC(=O)O)C(=O)Cc2ccc3c(c2)CC(C)(Cc2ccc(F)cc2)O3)cc1. The summed E-state index contributed by atoms with van der Waals surface area (Å²) >= 11 is 0. The first kappa shape index (κ1) is 25.2. The summed E-state index contributed by atoms with van der Waals surface area (Å²) in [5, 5.41) is 9.34. The van der Waals surface area contributed by atoms with Gasteiger partial charge in [-0.1, -0.05) is 36.4 Å². The van der Waals surface area contributed by atoms with Gasteiger partial charge in [0.1, 0.15) is 29.5 Å². The van der Waals surface area contributed by atoms with Crippen LogP contribution >= 0.6 is 0 Å². The number of carbonyl (C=O) groups excluding carboxylic acids is 1. The molecule has 0 radical (unpaired) electrons. The Labute approximate surface area is 210 Å². The molecule has 36 heavy (non-hydrogen) atoms. The van der Waals surface area contributed by atoms with Crippen LogP contribution in [-0.2, 0) is 35.3 Å². The van der Waals surface area contributed by atoms with Crippen LogP contribution in [0.1, 0.15) is 29.2 Å². The number of carboxylic acids is 1. The minimum Gasteiger partial charge on any atom is -0.497 e. The van der Waals surface area contributed by atoms with E-state index in [0.29, 0.717) is 25.8 Å². The summed E-state index contributed by atoms with van der Waals surface area (Å²) in [4.78, 5) is 25.8. The number of benzene rings is 3. The van der Waals surface area contributed by atoms with Gasteiger partial charge in [0.05, 0.1) is 13.5 Å². The summed E-state index contributed by atoms with van der Waals surface area (Å²) in [6, 6.07) is 19.6. The Kier molecular flexibility index (Phi) is 7.58. The molecule has 0 aliphatic carbocycles. The fourth-order valence-electron chi connectivity index (χ4n) is 4.62. The molecule has 7 heteroatoms. The number of hydrogen-bond acceptors (Lipinski definition) is 4. The van der Waals surface area contributed by atoms with Gasteiger partial charge in [-0.05, 0) is 65.9 Å². The zero-order valence-corrected chi connectivity index (χ0v) is 20.5. The summed E-state index contributed by atoms with van der Waals surface area (Å²) in [5.74, 6) is -0.0325. The summed E-state index contributed by atoms with van der Waals surface area (Å²) < 4.78 is 24.6. The first-order valence-electron chi connectivity index (χ1n) is 11.9. The zero-order valence-electron chi connectivity index (χ0n) is 20.5. The van der Waals surface area contributed by atoms with Gasteiger partial charge < -0.3 is 19.5 Å². The van der Waals surface area contributed by atoms with Gasteiger partial charge in [-0.3, -0.25) is 9.59 Å². The van der Waals surface area contributed by atoms with Crippen LogP contribution in [-0.4, -0.2) is 47.7 Å². The highest BCUT2D eigenvalue weighted by Crippen LogP contribution is 2.37. The molecule has 3 aromatic rings. The summed E-state index contributed by atoms with van der Waals surface area (Å²) in [7, 11) is 1.60. The van der Waals surface area contributed by atoms with E-state index in [1.165, 1.54) is 17.0 Å². The van der Waals surface area contributed by atoms with Crippen LogP contribution in [0.2, 0.25) is 0 Å². The molecule has 188 valence electrons. The van der Waals surface area contributed by atoms with Crippen molar-refractivity contribution in [3.63, 3.8) is 0 Å². The van der Waals surface area contributed by atoms with Crippen molar-refractivity contribution in [1.82, 2.24) is 4.90 Å². The lowest BCUT2D eigenvalue weighted by molar-refractivity contribution is -0.144. The average Bonchev–Trinajstić information content (AvgIpc) is 3.18. The van der Waals surface area contributed by atoms with Crippen molar-refractivity contribution >= 4 is 11.9 Å². The lowest BCUT2D eigenvalue weighted by atomic mass is 9.91. The molecule has 1 atom stereocenters. The molecule has 1 unspecified atom stereocenters. The maximum absolute atomic E-state index is 13.2. The molecule has 1 aliphatic rings. The van der Waals surface area contributed by atoms with E-state index in [1.807, 2.05) is 49.4 Å². The second kappa shape index (κ2) is 10.8. The maximum atomic E-state index is 13.2. The highest BCUT2D eigenvalue weighted by Gasteiger charge is 2.35. The predicted octanol–water partition coefficient (Wildman–Crippen LogP) is 4.47. The number of fused-ring (bicyclic) bond motifs is 1. The molecule has 0 saturated carbocycles. The number of amides is 1. The van der Waals surface area contributed by atoms with E-state index in [9.17, 15) is 19.1 Å². The number of methoxy groups -OCH3 is 1. The Morgan fingerprint density at radius 1 is 1.03 bits per heavy atom. The molecule has 0 saturated heterocycles. The third-order valence-corrected chi connectivity index (χ3v) is 6.40. The van der Waals surface area contributed by atoms with Crippen LogP contribution in [0.3, 0.4) is 0 Å². The maximum Gasteiger partial charge on any atom is 0.323 e. The normalized spacial score (nSPS) is 16.2. The first-order valence-corrected chi connectivity index (χ1v) is 11.9. The molecule has 0 fully saturated rings. The number of hydrogen-bond donors (Lipinski definition) is 1. The molecule has 3 aromatic carbocycles. The Morgan fingerprint density at radius 2 is 1.69 bits per heavy atom. The number of carbonyl (C=O) groups is 2. The van der Waals surface area contributed by atoms with E-state index >= 15 is 0 Å². The van der Waals surface area contributed by atoms with Gasteiger partial charge in [0, 0.05) is 19.4 Å². The van der Waals surface area contributed by atoms with Crippen molar-refractivity contribution < 1.29 is 28.6 Å². The smallest absolute Gasteiger partial charge is 0.323 e. The van der Waals surface area contributed by atoms with Gasteiger partial charge in [0.15, 0.2) is 0 Å². The summed E-state index contributed by atoms with van der Waals surface area (Å²) in [6.07, 6.45) is 1.95. The Morgan fingerprint density at radius 3 is 2.36 bits per heavy atom. The molecule has 6 nitrogen and oxygen atoms in total. The van der Waals surface area contributed by atoms with E-state index in [2.05, 4.69) is 0 Å². The third kappa shape index (κ3) is 6.42. The zero-order chi connectivity index (χ0) is 25.7. The van der Waals surface area contributed by atoms with Crippen molar-refractivity contribution in [3.8, 4) is 11.5 Å². The molecular formula is C29H30FNO5. The van der Waals surface area contributed by atoms with Crippen LogP contribution < -0.4 is 9.47 Å². The highest BCUT2D eigenvalue weighted by molar-refractivity contribution is 5.83. The van der Waals surface area contributed by atoms with Gasteiger partial charge in [-0.2, -0.15) is 0 Å². The van der Waals surface area contributed by atoms with E-state index in [0.717, 1.165) is 33.8 Å². The number of rotatable bonds is 10. The van der Waals surface area contributed by atoms with Crippen molar-refractivity contribution in [2.24, 2.45) is 0 Å². The second-order valence-electron chi connectivity index (χ2n) is 9.46. The Balaban J connectivity index is 1.40. The van der Waals surface area contributed by atoms with Crippen molar-refractivity contribution in [1.29, 1.82) is 0 Å². The Bertz CT molecular complexity index is 1230. The van der Waals surface area contributed by atoms with Crippen molar-refractivity contribution in [2.75, 3.05) is 20.2 Å². The topological polar surface area (TPSA) is 76.1 Å². The standard InChI is InChI=1S/C29H30FNO5/c1-29(17-21-3-8-24(30)9-4-21)18-23-15-22(7-12-26(23)36-29)16-27(32)31(19-28(33)34)14-13-20-5-10-25(35-2)11-6-20/h3-12,15H,13-14,16-19H2,1-2H3,(H,33,34). The lowest BCUT2D eigenvalue weighted by Crippen LogP contribution is -2.38. The summed E-state index contributed by atoms with van der Waals surface area (Å²) in [5.41, 5.74) is 3.34. The lowest BCUT2D eigenvalue weighted by Gasteiger charge is -2.24.